The summed E-state index contributed by atoms with van der Waals surface area (Å²) in [7, 11) is 0. The van der Waals surface area contributed by atoms with E-state index in [1.165, 1.54) is 4.70 Å². The lowest BCUT2D eigenvalue weighted by atomic mass is 9.96. The van der Waals surface area contributed by atoms with Gasteiger partial charge < -0.3 is 10.6 Å². The highest BCUT2D eigenvalue weighted by Crippen LogP contribution is 2.28. The average molecular weight is 311 g/mol. The summed E-state index contributed by atoms with van der Waals surface area (Å²) in [5.74, 6) is 0.760. The molecule has 5 heteroatoms. The van der Waals surface area contributed by atoms with Crippen LogP contribution in [0.2, 0.25) is 0 Å². The van der Waals surface area contributed by atoms with Crippen molar-refractivity contribution < 1.29 is 4.79 Å². The van der Waals surface area contributed by atoms with Gasteiger partial charge in [-0.25, -0.2) is 0 Å². The molecule has 1 saturated heterocycles. The molecule has 2 heterocycles. The molecule has 20 heavy (non-hydrogen) atoms. The first-order valence-electron chi connectivity index (χ1n) is 6.75. The topological polar surface area (TPSA) is 46.3 Å². The molecule has 0 aliphatic carbocycles. The predicted octanol–water partition coefficient (Wildman–Crippen LogP) is 3.13. The minimum absolute atomic E-state index is 0. The smallest absolute Gasteiger partial charge is 0.255 e. The normalized spacial score (nSPS) is 16.1. The van der Waals surface area contributed by atoms with Crippen LogP contribution in [0.1, 0.15) is 23.2 Å². The van der Waals surface area contributed by atoms with E-state index in [0.717, 1.165) is 43.4 Å². The molecule has 1 amide bonds. The Morgan fingerprint density at radius 2 is 2.00 bits per heavy atom. The minimum atomic E-state index is 0. The van der Waals surface area contributed by atoms with Crippen molar-refractivity contribution >= 4 is 39.7 Å². The molecular formula is C15H19ClN2OS. The van der Waals surface area contributed by atoms with Crippen molar-refractivity contribution in [1.29, 1.82) is 0 Å². The second-order valence-corrected chi connectivity index (χ2v) is 6.03. The van der Waals surface area contributed by atoms with Crippen molar-refractivity contribution in [3.63, 3.8) is 0 Å². The highest BCUT2D eigenvalue weighted by atomic mass is 35.5. The number of likely N-dealkylation sites (tertiary alicyclic amines) is 1. The fourth-order valence-corrected chi connectivity index (χ4v) is 3.62. The molecule has 0 unspecified atom stereocenters. The number of benzene rings is 1. The van der Waals surface area contributed by atoms with Gasteiger partial charge in [0.25, 0.3) is 5.91 Å². The summed E-state index contributed by atoms with van der Waals surface area (Å²) in [5.41, 5.74) is 6.55. The first kappa shape index (κ1) is 15.3. The van der Waals surface area contributed by atoms with Crippen molar-refractivity contribution in [2.75, 3.05) is 19.6 Å². The Labute approximate surface area is 129 Å². The van der Waals surface area contributed by atoms with Gasteiger partial charge in [-0.3, -0.25) is 4.79 Å². The van der Waals surface area contributed by atoms with E-state index in [2.05, 4.69) is 6.07 Å². The Balaban J connectivity index is 0.00000147. The molecular weight excluding hydrogens is 292 g/mol. The standard InChI is InChI=1S/C15H18N2OS.ClH/c16-9-11-5-7-17(8-6-11)15(18)13-10-19-14-4-2-1-3-12(13)14;/h1-4,10-11H,5-9,16H2;1H. The van der Waals surface area contributed by atoms with Gasteiger partial charge in [0, 0.05) is 28.6 Å². The fourth-order valence-electron chi connectivity index (χ4n) is 2.69. The van der Waals surface area contributed by atoms with E-state index in [1.807, 2.05) is 28.5 Å². The molecule has 0 atom stereocenters. The molecule has 1 fully saturated rings. The third-order valence-corrected chi connectivity index (χ3v) is 4.91. The Morgan fingerprint density at radius 1 is 1.30 bits per heavy atom. The third-order valence-electron chi connectivity index (χ3n) is 3.95. The van der Waals surface area contributed by atoms with Gasteiger partial charge in [0.1, 0.15) is 0 Å². The van der Waals surface area contributed by atoms with Crippen LogP contribution in [0.25, 0.3) is 10.1 Å². The van der Waals surface area contributed by atoms with Crippen LogP contribution in [0.5, 0.6) is 0 Å². The van der Waals surface area contributed by atoms with Gasteiger partial charge in [0.15, 0.2) is 0 Å². The molecule has 0 bridgehead atoms. The number of thiophene rings is 1. The Hall–Kier alpha value is -1.10. The SMILES string of the molecule is Cl.NCC1CCN(C(=O)c2csc3ccccc23)CC1. The van der Waals surface area contributed by atoms with Gasteiger partial charge in [0.05, 0.1) is 5.56 Å². The third kappa shape index (κ3) is 2.82. The van der Waals surface area contributed by atoms with Crippen molar-refractivity contribution in [2.45, 2.75) is 12.8 Å². The van der Waals surface area contributed by atoms with Crippen LogP contribution in [0, 0.1) is 5.92 Å². The molecule has 3 rings (SSSR count). The summed E-state index contributed by atoms with van der Waals surface area (Å²) in [4.78, 5) is 14.5. The summed E-state index contributed by atoms with van der Waals surface area (Å²) in [6, 6.07) is 8.11. The van der Waals surface area contributed by atoms with Crippen molar-refractivity contribution in [3.05, 3.63) is 35.2 Å². The zero-order valence-corrected chi connectivity index (χ0v) is 12.9. The maximum absolute atomic E-state index is 12.6. The van der Waals surface area contributed by atoms with Gasteiger partial charge in [-0.05, 0) is 31.4 Å². The van der Waals surface area contributed by atoms with E-state index < -0.39 is 0 Å². The lowest BCUT2D eigenvalue weighted by molar-refractivity contribution is 0.0696. The molecule has 108 valence electrons. The number of halogens is 1. The molecule has 0 saturated carbocycles. The number of hydrogen-bond donors (Lipinski definition) is 1. The molecule has 0 spiro atoms. The van der Waals surface area contributed by atoms with E-state index in [1.54, 1.807) is 11.3 Å². The molecule has 2 aromatic rings. The van der Waals surface area contributed by atoms with E-state index in [9.17, 15) is 4.79 Å². The number of hydrogen-bond acceptors (Lipinski definition) is 3. The van der Waals surface area contributed by atoms with Crippen LogP contribution >= 0.6 is 23.7 Å². The summed E-state index contributed by atoms with van der Waals surface area (Å²) >= 11 is 1.64. The molecule has 2 N–H and O–H groups in total. The summed E-state index contributed by atoms with van der Waals surface area (Å²) in [6.45, 7) is 2.42. The molecule has 0 radical (unpaired) electrons. The monoisotopic (exact) mass is 310 g/mol. The lowest BCUT2D eigenvalue weighted by Gasteiger charge is -2.31. The molecule has 1 aromatic heterocycles. The number of amides is 1. The Morgan fingerprint density at radius 3 is 2.70 bits per heavy atom. The van der Waals surface area contributed by atoms with E-state index in [-0.39, 0.29) is 18.3 Å². The molecule has 1 aliphatic rings. The average Bonchev–Trinajstić information content (AvgIpc) is 2.90. The van der Waals surface area contributed by atoms with Crippen LogP contribution in [-0.2, 0) is 0 Å². The maximum atomic E-state index is 12.6. The maximum Gasteiger partial charge on any atom is 0.255 e. The van der Waals surface area contributed by atoms with Crippen LogP contribution in [-0.4, -0.2) is 30.4 Å². The largest absolute Gasteiger partial charge is 0.339 e. The summed E-state index contributed by atoms with van der Waals surface area (Å²) < 4.78 is 1.18. The Bertz CT molecular complexity index is 590. The minimum Gasteiger partial charge on any atom is -0.339 e. The highest BCUT2D eigenvalue weighted by molar-refractivity contribution is 7.17. The molecule has 1 aliphatic heterocycles. The van der Waals surface area contributed by atoms with Gasteiger partial charge in [-0.1, -0.05) is 18.2 Å². The number of carbonyl (C=O) groups is 1. The quantitative estimate of drug-likeness (QED) is 0.926. The lowest BCUT2D eigenvalue weighted by Crippen LogP contribution is -2.39. The predicted molar refractivity (Wildman–Crippen MR) is 86.8 cm³/mol. The number of piperidine rings is 1. The second kappa shape index (κ2) is 6.57. The summed E-state index contributed by atoms with van der Waals surface area (Å²) in [6.07, 6.45) is 2.06. The van der Waals surface area contributed by atoms with Crippen LogP contribution < -0.4 is 5.73 Å². The number of fused-ring (bicyclic) bond motifs is 1. The molecule has 1 aromatic carbocycles. The fraction of sp³-hybridized carbons (Fsp3) is 0.400. The van der Waals surface area contributed by atoms with E-state index in [4.69, 9.17) is 5.73 Å². The summed E-state index contributed by atoms with van der Waals surface area (Å²) in [5, 5.41) is 3.07. The van der Waals surface area contributed by atoms with Gasteiger partial charge in [-0.15, -0.1) is 23.7 Å². The highest BCUT2D eigenvalue weighted by Gasteiger charge is 2.24. The number of carbonyl (C=O) groups excluding carboxylic acids is 1. The van der Waals surface area contributed by atoms with Crippen molar-refractivity contribution in [3.8, 4) is 0 Å². The number of rotatable bonds is 2. The first-order valence-corrected chi connectivity index (χ1v) is 7.63. The van der Waals surface area contributed by atoms with Crippen LogP contribution in [0.15, 0.2) is 29.6 Å². The van der Waals surface area contributed by atoms with Gasteiger partial charge in [-0.2, -0.15) is 0 Å². The zero-order valence-electron chi connectivity index (χ0n) is 11.2. The Kier molecular flexibility index (Phi) is 5.02. The number of nitrogens with two attached hydrogens (primary N) is 1. The van der Waals surface area contributed by atoms with E-state index in [0.29, 0.717) is 5.92 Å². The van der Waals surface area contributed by atoms with Crippen molar-refractivity contribution in [1.82, 2.24) is 4.90 Å². The van der Waals surface area contributed by atoms with Crippen LogP contribution in [0.3, 0.4) is 0 Å². The van der Waals surface area contributed by atoms with E-state index >= 15 is 0 Å². The number of nitrogens with zero attached hydrogens (tertiary/aromatic N) is 1. The second-order valence-electron chi connectivity index (χ2n) is 5.12. The first-order chi connectivity index (χ1) is 9.29. The van der Waals surface area contributed by atoms with Crippen molar-refractivity contribution in [2.24, 2.45) is 11.7 Å². The van der Waals surface area contributed by atoms with Gasteiger partial charge in [0.2, 0.25) is 0 Å². The molecule has 3 nitrogen and oxygen atoms in total. The van der Waals surface area contributed by atoms with Gasteiger partial charge >= 0.3 is 0 Å². The van der Waals surface area contributed by atoms with Crippen LogP contribution in [0.4, 0.5) is 0 Å². The zero-order chi connectivity index (χ0) is 13.2.